The fourth-order valence-corrected chi connectivity index (χ4v) is 1.70. The Morgan fingerprint density at radius 2 is 2.16 bits per heavy atom. The molecule has 1 aromatic rings. The first-order valence-corrected chi connectivity index (χ1v) is 6.30. The second-order valence-corrected chi connectivity index (χ2v) is 4.76. The SMILES string of the molecule is COc1cnn(CCN(C)C)c1C(=O)CC(C)OC. The molecule has 6 heteroatoms. The number of likely N-dealkylation sites (N-methyl/N-ethyl adjacent to an activating group) is 1. The highest BCUT2D eigenvalue weighted by atomic mass is 16.5. The normalized spacial score (nSPS) is 12.7. The van der Waals surface area contributed by atoms with Crippen LogP contribution in [0.1, 0.15) is 23.8 Å². The molecule has 0 bridgehead atoms. The van der Waals surface area contributed by atoms with Crippen molar-refractivity contribution in [3.8, 4) is 5.75 Å². The Labute approximate surface area is 114 Å². The van der Waals surface area contributed by atoms with Gasteiger partial charge in [-0.25, -0.2) is 0 Å². The molecule has 1 atom stereocenters. The zero-order valence-electron chi connectivity index (χ0n) is 12.3. The topological polar surface area (TPSA) is 56.6 Å². The summed E-state index contributed by atoms with van der Waals surface area (Å²) in [6.07, 6.45) is 1.79. The van der Waals surface area contributed by atoms with Gasteiger partial charge in [0.2, 0.25) is 0 Å². The van der Waals surface area contributed by atoms with Crippen molar-refractivity contribution in [1.82, 2.24) is 14.7 Å². The third kappa shape index (κ3) is 4.33. The van der Waals surface area contributed by atoms with Crippen molar-refractivity contribution in [1.29, 1.82) is 0 Å². The Balaban J connectivity index is 2.88. The van der Waals surface area contributed by atoms with Crippen molar-refractivity contribution in [2.75, 3.05) is 34.9 Å². The van der Waals surface area contributed by atoms with Crippen LogP contribution in [0.5, 0.6) is 5.75 Å². The Bertz CT molecular complexity index is 415. The molecule has 0 saturated heterocycles. The molecule has 0 N–H and O–H groups in total. The molecule has 1 unspecified atom stereocenters. The van der Waals surface area contributed by atoms with Gasteiger partial charge in [0.25, 0.3) is 0 Å². The fourth-order valence-electron chi connectivity index (χ4n) is 1.70. The van der Waals surface area contributed by atoms with Crippen LogP contribution in [0.3, 0.4) is 0 Å². The molecule has 6 nitrogen and oxygen atoms in total. The maximum absolute atomic E-state index is 12.3. The van der Waals surface area contributed by atoms with Gasteiger partial charge in [-0.1, -0.05) is 0 Å². The van der Waals surface area contributed by atoms with E-state index in [9.17, 15) is 4.79 Å². The number of hydrogen-bond donors (Lipinski definition) is 0. The third-order valence-corrected chi connectivity index (χ3v) is 2.92. The van der Waals surface area contributed by atoms with E-state index in [1.807, 2.05) is 25.9 Å². The van der Waals surface area contributed by atoms with Gasteiger partial charge in [-0.05, 0) is 21.0 Å². The van der Waals surface area contributed by atoms with Gasteiger partial charge in [-0.2, -0.15) is 5.10 Å². The van der Waals surface area contributed by atoms with Gasteiger partial charge in [0, 0.05) is 20.1 Å². The number of ketones is 1. The van der Waals surface area contributed by atoms with Gasteiger partial charge < -0.3 is 14.4 Å². The first-order chi connectivity index (χ1) is 8.99. The minimum atomic E-state index is -0.116. The van der Waals surface area contributed by atoms with E-state index in [0.29, 0.717) is 24.4 Å². The summed E-state index contributed by atoms with van der Waals surface area (Å²) in [4.78, 5) is 14.3. The molecule has 108 valence electrons. The zero-order chi connectivity index (χ0) is 14.4. The highest BCUT2D eigenvalue weighted by Crippen LogP contribution is 2.20. The molecule has 0 amide bonds. The molecule has 1 aromatic heterocycles. The van der Waals surface area contributed by atoms with Gasteiger partial charge in [-0.3, -0.25) is 9.48 Å². The summed E-state index contributed by atoms with van der Waals surface area (Å²) < 4.78 is 12.0. The predicted molar refractivity (Wildman–Crippen MR) is 72.8 cm³/mol. The van der Waals surface area contributed by atoms with Gasteiger partial charge in [0.15, 0.2) is 11.5 Å². The highest BCUT2D eigenvalue weighted by molar-refractivity contribution is 5.97. The zero-order valence-corrected chi connectivity index (χ0v) is 12.3. The molecule has 0 aliphatic rings. The van der Waals surface area contributed by atoms with Crippen LogP contribution >= 0.6 is 0 Å². The molecule has 19 heavy (non-hydrogen) atoms. The van der Waals surface area contributed by atoms with Crippen LogP contribution in [0.2, 0.25) is 0 Å². The largest absolute Gasteiger partial charge is 0.493 e. The van der Waals surface area contributed by atoms with Crippen LogP contribution in [-0.4, -0.2) is 61.4 Å². The average molecular weight is 269 g/mol. The first-order valence-electron chi connectivity index (χ1n) is 6.30. The molecule has 0 fully saturated rings. The van der Waals surface area contributed by atoms with Crippen LogP contribution in [0, 0.1) is 0 Å². The monoisotopic (exact) mass is 269 g/mol. The first kappa shape index (κ1) is 15.7. The van der Waals surface area contributed by atoms with Crippen molar-refractivity contribution in [2.45, 2.75) is 26.0 Å². The van der Waals surface area contributed by atoms with Gasteiger partial charge in [-0.15, -0.1) is 0 Å². The van der Waals surface area contributed by atoms with E-state index in [0.717, 1.165) is 6.54 Å². The van der Waals surface area contributed by atoms with E-state index in [1.165, 1.54) is 0 Å². The number of nitrogens with zero attached hydrogens (tertiary/aromatic N) is 3. The molecular weight excluding hydrogens is 246 g/mol. The number of carbonyl (C=O) groups excluding carboxylic acids is 1. The Kier molecular flexibility index (Phi) is 5.98. The predicted octanol–water partition coefficient (Wildman–Crippen LogP) is 1.06. The van der Waals surface area contributed by atoms with E-state index >= 15 is 0 Å². The average Bonchev–Trinajstić information content (AvgIpc) is 2.78. The van der Waals surface area contributed by atoms with Crippen molar-refractivity contribution < 1.29 is 14.3 Å². The summed E-state index contributed by atoms with van der Waals surface area (Å²) in [5.41, 5.74) is 0.522. The smallest absolute Gasteiger partial charge is 0.187 e. The summed E-state index contributed by atoms with van der Waals surface area (Å²) in [7, 11) is 7.10. The maximum atomic E-state index is 12.3. The fraction of sp³-hybridized carbons (Fsp3) is 0.692. The number of methoxy groups -OCH3 is 2. The summed E-state index contributed by atoms with van der Waals surface area (Å²) in [6.45, 7) is 3.33. The minimum Gasteiger partial charge on any atom is -0.493 e. The molecule has 0 spiro atoms. The summed E-state index contributed by atoms with van der Waals surface area (Å²) in [5, 5.41) is 4.22. The van der Waals surface area contributed by atoms with Crippen LogP contribution in [0.4, 0.5) is 0 Å². The van der Waals surface area contributed by atoms with E-state index in [-0.39, 0.29) is 11.9 Å². The Hall–Kier alpha value is -1.40. The molecule has 0 aliphatic carbocycles. The molecular formula is C13H23N3O3. The third-order valence-electron chi connectivity index (χ3n) is 2.92. The number of carbonyl (C=O) groups is 1. The van der Waals surface area contributed by atoms with Crippen molar-refractivity contribution in [3.63, 3.8) is 0 Å². The van der Waals surface area contributed by atoms with Gasteiger partial charge >= 0.3 is 0 Å². The number of ether oxygens (including phenoxy) is 2. The summed E-state index contributed by atoms with van der Waals surface area (Å²) in [5.74, 6) is 0.509. The second-order valence-electron chi connectivity index (χ2n) is 4.76. The number of Topliss-reactive ketones (excluding diaryl/α,β-unsaturated/α-hetero) is 1. The quantitative estimate of drug-likeness (QED) is 0.661. The minimum absolute atomic E-state index is 0.0116. The van der Waals surface area contributed by atoms with E-state index < -0.39 is 0 Å². The lowest BCUT2D eigenvalue weighted by Gasteiger charge is -2.13. The summed E-state index contributed by atoms with van der Waals surface area (Å²) in [6, 6.07) is 0. The van der Waals surface area contributed by atoms with Crippen LogP contribution < -0.4 is 4.74 Å². The standard InChI is InChI=1S/C13H23N3O3/c1-10(18-4)8-11(17)13-12(19-5)9-14-16(13)7-6-15(2)3/h9-10H,6-8H2,1-5H3. The van der Waals surface area contributed by atoms with E-state index in [1.54, 1.807) is 25.1 Å². The van der Waals surface area contributed by atoms with Crippen molar-refractivity contribution in [2.24, 2.45) is 0 Å². The molecule has 1 rings (SSSR count). The summed E-state index contributed by atoms with van der Waals surface area (Å²) >= 11 is 0. The lowest BCUT2D eigenvalue weighted by Crippen LogP contribution is -2.23. The van der Waals surface area contributed by atoms with E-state index in [4.69, 9.17) is 9.47 Å². The van der Waals surface area contributed by atoms with Gasteiger partial charge in [0.1, 0.15) is 5.69 Å². The van der Waals surface area contributed by atoms with Gasteiger partial charge in [0.05, 0.1) is 26.0 Å². The van der Waals surface area contributed by atoms with E-state index in [2.05, 4.69) is 5.10 Å². The molecule has 0 aliphatic heterocycles. The van der Waals surface area contributed by atoms with Crippen molar-refractivity contribution in [3.05, 3.63) is 11.9 Å². The van der Waals surface area contributed by atoms with Crippen LogP contribution in [0.15, 0.2) is 6.20 Å². The van der Waals surface area contributed by atoms with Crippen LogP contribution in [-0.2, 0) is 11.3 Å². The number of aromatic nitrogens is 2. The Morgan fingerprint density at radius 3 is 2.68 bits per heavy atom. The molecule has 0 aromatic carbocycles. The maximum Gasteiger partial charge on any atom is 0.187 e. The second kappa shape index (κ2) is 7.25. The molecule has 0 radical (unpaired) electrons. The molecule has 0 saturated carbocycles. The lowest BCUT2D eigenvalue weighted by atomic mass is 10.1. The van der Waals surface area contributed by atoms with Crippen LogP contribution in [0.25, 0.3) is 0 Å². The van der Waals surface area contributed by atoms with Crippen molar-refractivity contribution >= 4 is 5.78 Å². The molecule has 1 heterocycles. The Morgan fingerprint density at radius 1 is 1.47 bits per heavy atom. The number of rotatable bonds is 8. The lowest BCUT2D eigenvalue weighted by molar-refractivity contribution is 0.0780. The number of hydrogen-bond acceptors (Lipinski definition) is 5. The highest BCUT2D eigenvalue weighted by Gasteiger charge is 2.21.